The van der Waals surface area contributed by atoms with Gasteiger partial charge >= 0.3 is 0 Å². The van der Waals surface area contributed by atoms with E-state index in [0.29, 0.717) is 18.9 Å². The number of halogens is 2. The Morgan fingerprint density at radius 1 is 1.30 bits per heavy atom. The largest absolute Gasteiger partial charge is 0.492 e. The molecule has 0 bridgehead atoms. The fraction of sp³-hybridized carbons (Fsp3) is 0.214. The predicted octanol–water partition coefficient (Wildman–Crippen LogP) is 3.22. The predicted molar refractivity (Wildman–Crippen MR) is 72.6 cm³/mol. The van der Waals surface area contributed by atoms with E-state index < -0.39 is 0 Å². The average molecular weight is 298 g/mol. The van der Waals surface area contributed by atoms with Crippen LogP contribution in [-0.2, 0) is 0 Å². The van der Waals surface area contributed by atoms with E-state index in [1.54, 1.807) is 7.05 Å². The molecule has 106 valence electrons. The Bertz CT molecular complexity index is 582. The van der Waals surface area contributed by atoms with E-state index in [0.717, 1.165) is 0 Å². The number of benzene rings is 1. The van der Waals surface area contributed by atoms with Gasteiger partial charge in [-0.25, -0.2) is 4.39 Å². The molecule has 0 unspecified atom stereocenters. The van der Waals surface area contributed by atoms with Gasteiger partial charge in [0, 0.05) is 7.05 Å². The van der Waals surface area contributed by atoms with Gasteiger partial charge in [-0.15, -0.1) is 0 Å². The highest BCUT2D eigenvalue weighted by Crippen LogP contribution is 2.15. The SMILES string of the molecule is CN(CCOc1ccc(F)cc1)C(=O)c1ccc(Cl)o1. The van der Waals surface area contributed by atoms with Gasteiger partial charge in [0.15, 0.2) is 11.0 Å². The van der Waals surface area contributed by atoms with Crippen molar-refractivity contribution < 1.29 is 18.3 Å². The summed E-state index contributed by atoms with van der Waals surface area (Å²) < 4.78 is 23.1. The zero-order valence-corrected chi connectivity index (χ0v) is 11.6. The fourth-order valence-electron chi connectivity index (χ4n) is 1.55. The minimum atomic E-state index is -0.320. The van der Waals surface area contributed by atoms with Crippen molar-refractivity contribution in [1.82, 2.24) is 4.90 Å². The Labute approximate surface area is 120 Å². The molecule has 0 fully saturated rings. The molecule has 0 spiro atoms. The van der Waals surface area contributed by atoms with E-state index in [-0.39, 0.29) is 22.7 Å². The summed E-state index contributed by atoms with van der Waals surface area (Å²) in [6, 6.07) is 8.72. The van der Waals surface area contributed by atoms with Crippen LogP contribution in [-0.4, -0.2) is 31.0 Å². The molecule has 1 aromatic carbocycles. The second-order valence-electron chi connectivity index (χ2n) is 4.13. The lowest BCUT2D eigenvalue weighted by Gasteiger charge is -2.16. The maximum atomic E-state index is 12.7. The first-order valence-corrected chi connectivity index (χ1v) is 6.33. The van der Waals surface area contributed by atoms with E-state index in [1.807, 2.05) is 0 Å². The van der Waals surface area contributed by atoms with Crippen LogP contribution in [0.2, 0.25) is 5.22 Å². The minimum absolute atomic E-state index is 0.171. The molecule has 6 heteroatoms. The first kappa shape index (κ1) is 14.4. The number of hydrogen-bond donors (Lipinski definition) is 0. The summed E-state index contributed by atoms with van der Waals surface area (Å²) in [6.07, 6.45) is 0. The first-order valence-electron chi connectivity index (χ1n) is 5.95. The molecule has 0 saturated carbocycles. The Morgan fingerprint density at radius 3 is 2.60 bits per heavy atom. The number of carbonyl (C=O) groups is 1. The van der Waals surface area contributed by atoms with Crippen molar-refractivity contribution >= 4 is 17.5 Å². The number of rotatable bonds is 5. The van der Waals surface area contributed by atoms with Gasteiger partial charge in [-0.3, -0.25) is 4.79 Å². The second-order valence-corrected chi connectivity index (χ2v) is 4.51. The van der Waals surface area contributed by atoms with Crippen molar-refractivity contribution in [3.05, 3.63) is 53.2 Å². The average Bonchev–Trinajstić information content (AvgIpc) is 2.86. The van der Waals surface area contributed by atoms with Gasteiger partial charge in [-0.2, -0.15) is 0 Å². The molecule has 0 N–H and O–H groups in total. The van der Waals surface area contributed by atoms with Crippen molar-refractivity contribution in [2.45, 2.75) is 0 Å². The number of hydrogen-bond acceptors (Lipinski definition) is 3. The quantitative estimate of drug-likeness (QED) is 0.851. The molecule has 2 rings (SSSR count). The highest BCUT2D eigenvalue weighted by molar-refractivity contribution is 6.29. The van der Waals surface area contributed by atoms with Crippen molar-refractivity contribution in [3.63, 3.8) is 0 Å². The van der Waals surface area contributed by atoms with Gasteiger partial charge in [0.2, 0.25) is 0 Å². The van der Waals surface area contributed by atoms with Crippen LogP contribution in [0.15, 0.2) is 40.8 Å². The number of carbonyl (C=O) groups excluding carboxylic acids is 1. The number of amides is 1. The Kier molecular flexibility index (Phi) is 4.63. The zero-order chi connectivity index (χ0) is 14.5. The van der Waals surface area contributed by atoms with Crippen LogP contribution < -0.4 is 4.74 Å². The molecule has 4 nitrogen and oxygen atoms in total. The van der Waals surface area contributed by atoms with Gasteiger partial charge in [0.25, 0.3) is 5.91 Å². The van der Waals surface area contributed by atoms with Crippen LogP contribution in [0.3, 0.4) is 0 Å². The molecule has 1 aromatic heterocycles. The minimum Gasteiger partial charge on any atom is -0.492 e. The summed E-state index contributed by atoms with van der Waals surface area (Å²) in [5, 5.41) is 0.171. The first-order chi connectivity index (χ1) is 9.56. The van der Waals surface area contributed by atoms with E-state index in [4.69, 9.17) is 20.8 Å². The Morgan fingerprint density at radius 2 is 2.00 bits per heavy atom. The Hall–Kier alpha value is -2.01. The van der Waals surface area contributed by atoms with Gasteiger partial charge < -0.3 is 14.1 Å². The number of ether oxygens (including phenoxy) is 1. The second kappa shape index (κ2) is 6.43. The van der Waals surface area contributed by atoms with E-state index in [1.165, 1.54) is 41.3 Å². The zero-order valence-electron chi connectivity index (χ0n) is 10.8. The van der Waals surface area contributed by atoms with Crippen LogP contribution in [0.1, 0.15) is 10.6 Å². The monoisotopic (exact) mass is 297 g/mol. The van der Waals surface area contributed by atoms with Crippen molar-refractivity contribution in [2.24, 2.45) is 0 Å². The lowest BCUT2D eigenvalue weighted by Crippen LogP contribution is -2.30. The number of nitrogens with zero attached hydrogens (tertiary/aromatic N) is 1. The summed E-state index contributed by atoms with van der Waals surface area (Å²) >= 11 is 5.61. The lowest BCUT2D eigenvalue weighted by molar-refractivity contribution is 0.0742. The maximum absolute atomic E-state index is 12.7. The lowest BCUT2D eigenvalue weighted by atomic mass is 10.3. The molecule has 0 atom stereocenters. The summed E-state index contributed by atoms with van der Waals surface area (Å²) in [7, 11) is 1.63. The standard InChI is InChI=1S/C14H13ClFNO3/c1-17(14(18)12-6-7-13(15)20-12)8-9-19-11-4-2-10(16)3-5-11/h2-7H,8-9H2,1H3. The highest BCUT2D eigenvalue weighted by atomic mass is 35.5. The molecule has 0 saturated heterocycles. The Balaban J connectivity index is 1.81. The third-order valence-electron chi connectivity index (χ3n) is 2.64. The number of furan rings is 1. The molecule has 0 aliphatic rings. The molecule has 20 heavy (non-hydrogen) atoms. The topological polar surface area (TPSA) is 42.7 Å². The summed E-state index contributed by atoms with van der Waals surface area (Å²) in [4.78, 5) is 13.4. The fourth-order valence-corrected chi connectivity index (χ4v) is 1.70. The summed E-state index contributed by atoms with van der Waals surface area (Å²) in [5.41, 5.74) is 0. The maximum Gasteiger partial charge on any atom is 0.289 e. The van der Waals surface area contributed by atoms with E-state index >= 15 is 0 Å². The van der Waals surface area contributed by atoms with Crippen LogP contribution in [0.5, 0.6) is 5.75 Å². The van der Waals surface area contributed by atoms with Crippen LogP contribution in [0, 0.1) is 5.82 Å². The van der Waals surface area contributed by atoms with Crippen molar-refractivity contribution in [1.29, 1.82) is 0 Å². The smallest absolute Gasteiger partial charge is 0.289 e. The van der Waals surface area contributed by atoms with E-state index in [2.05, 4.69) is 0 Å². The molecule has 0 aliphatic heterocycles. The third kappa shape index (κ3) is 3.74. The van der Waals surface area contributed by atoms with Gasteiger partial charge in [-0.05, 0) is 48.0 Å². The van der Waals surface area contributed by atoms with Gasteiger partial charge in [0.1, 0.15) is 18.2 Å². The third-order valence-corrected chi connectivity index (χ3v) is 2.84. The van der Waals surface area contributed by atoms with Gasteiger partial charge in [-0.1, -0.05) is 0 Å². The van der Waals surface area contributed by atoms with Crippen molar-refractivity contribution in [3.8, 4) is 5.75 Å². The van der Waals surface area contributed by atoms with Gasteiger partial charge in [0.05, 0.1) is 6.54 Å². The summed E-state index contributed by atoms with van der Waals surface area (Å²) in [6.45, 7) is 0.664. The van der Waals surface area contributed by atoms with E-state index in [9.17, 15) is 9.18 Å². The normalized spacial score (nSPS) is 10.3. The molecule has 1 heterocycles. The molecule has 0 aliphatic carbocycles. The molecule has 2 aromatic rings. The van der Waals surface area contributed by atoms with Crippen LogP contribution in [0.4, 0.5) is 4.39 Å². The molecular weight excluding hydrogens is 285 g/mol. The van der Waals surface area contributed by atoms with Crippen LogP contribution >= 0.6 is 11.6 Å². The van der Waals surface area contributed by atoms with Crippen LogP contribution in [0.25, 0.3) is 0 Å². The molecular formula is C14H13ClFNO3. The highest BCUT2D eigenvalue weighted by Gasteiger charge is 2.15. The summed E-state index contributed by atoms with van der Waals surface area (Å²) in [5.74, 6) is 0.131. The number of likely N-dealkylation sites (N-methyl/N-ethyl adjacent to an activating group) is 1. The molecule has 1 amide bonds. The molecule has 0 radical (unpaired) electrons. The van der Waals surface area contributed by atoms with Crippen molar-refractivity contribution in [2.75, 3.05) is 20.2 Å².